The molecule has 15 heavy (non-hydrogen) atoms. The predicted molar refractivity (Wildman–Crippen MR) is 57.7 cm³/mol. The molecule has 4 heteroatoms. The molecule has 0 spiro atoms. The molecule has 0 aromatic heterocycles. The Kier molecular flexibility index (Phi) is 3.59. The Morgan fingerprint density at radius 1 is 1.27 bits per heavy atom. The fourth-order valence-corrected chi connectivity index (χ4v) is 2.14. The maximum absolute atomic E-state index is 11.0. The lowest BCUT2D eigenvalue weighted by Crippen LogP contribution is -2.47. The van der Waals surface area contributed by atoms with Crippen molar-refractivity contribution in [1.82, 2.24) is 9.80 Å². The van der Waals surface area contributed by atoms with Crippen LogP contribution in [0.3, 0.4) is 0 Å². The van der Waals surface area contributed by atoms with Gasteiger partial charge in [-0.1, -0.05) is 0 Å². The van der Waals surface area contributed by atoms with E-state index in [9.17, 15) is 4.79 Å². The van der Waals surface area contributed by atoms with Gasteiger partial charge in [-0.15, -0.1) is 0 Å². The van der Waals surface area contributed by atoms with E-state index in [0.717, 1.165) is 25.7 Å². The van der Waals surface area contributed by atoms with Gasteiger partial charge in [-0.05, 0) is 12.8 Å². The van der Waals surface area contributed by atoms with E-state index >= 15 is 0 Å². The van der Waals surface area contributed by atoms with Gasteiger partial charge in [-0.2, -0.15) is 0 Å². The normalized spacial score (nSPS) is 24.1. The van der Waals surface area contributed by atoms with Gasteiger partial charge in [0.2, 0.25) is 0 Å². The minimum absolute atomic E-state index is 0.0976. The topological polar surface area (TPSA) is 32.8 Å². The number of carbonyl (C=O) groups is 1. The summed E-state index contributed by atoms with van der Waals surface area (Å²) < 4.78 is 4.63. The highest BCUT2D eigenvalue weighted by molar-refractivity contribution is 5.69. The van der Waals surface area contributed by atoms with Gasteiger partial charge in [0.25, 0.3) is 0 Å². The smallest absolute Gasteiger partial charge is 0.306 e. The van der Waals surface area contributed by atoms with Gasteiger partial charge < -0.3 is 9.64 Å². The first-order chi connectivity index (χ1) is 7.29. The average Bonchev–Trinajstić information content (AvgIpc) is 3.10. The van der Waals surface area contributed by atoms with E-state index in [1.165, 1.54) is 33.0 Å². The van der Waals surface area contributed by atoms with Crippen LogP contribution in [0.2, 0.25) is 0 Å². The molecule has 2 rings (SSSR count). The van der Waals surface area contributed by atoms with Crippen LogP contribution < -0.4 is 0 Å². The zero-order chi connectivity index (χ0) is 10.7. The summed E-state index contributed by atoms with van der Waals surface area (Å²) in [5, 5.41) is 0. The Balaban J connectivity index is 1.62. The summed E-state index contributed by atoms with van der Waals surface area (Å²) in [6, 6.07) is 0.882. The van der Waals surface area contributed by atoms with Crippen molar-refractivity contribution in [1.29, 1.82) is 0 Å². The second-order valence-electron chi connectivity index (χ2n) is 4.43. The Morgan fingerprint density at radius 3 is 2.47 bits per heavy atom. The Labute approximate surface area is 91.2 Å². The molecule has 0 bridgehead atoms. The first kappa shape index (κ1) is 10.9. The van der Waals surface area contributed by atoms with Crippen LogP contribution in [-0.4, -0.2) is 61.6 Å². The number of nitrogens with zero attached hydrogens (tertiary/aromatic N) is 2. The number of hydrogen-bond acceptors (Lipinski definition) is 4. The number of carbonyl (C=O) groups excluding carboxylic acids is 1. The Bertz CT molecular complexity index is 221. The van der Waals surface area contributed by atoms with E-state index in [4.69, 9.17) is 0 Å². The molecule has 0 amide bonds. The number of hydrogen-bond donors (Lipinski definition) is 0. The van der Waals surface area contributed by atoms with Crippen LogP contribution >= 0.6 is 0 Å². The fraction of sp³-hybridized carbons (Fsp3) is 0.909. The molecule has 1 aliphatic heterocycles. The lowest BCUT2D eigenvalue weighted by atomic mass is 10.3. The zero-order valence-corrected chi connectivity index (χ0v) is 9.45. The molecule has 2 fully saturated rings. The Hall–Kier alpha value is -0.610. The number of piperazine rings is 1. The molecular formula is C11H20N2O2. The predicted octanol–water partition coefficient (Wildman–Crippen LogP) is 0.329. The lowest BCUT2D eigenvalue weighted by Gasteiger charge is -2.34. The highest BCUT2D eigenvalue weighted by atomic mass is 16.5. The summed E-state index contributed by atoms with van der Waals surface area (Å²) in [6.07, 6.45) is 3.31. The molecule has 0 aromatic carbocycles. The molecule has 2 aliphatic rings. The van der Waals surface area contributed by atoms with Crippen molar-refractivity contribution in [2.75, 3.05) is 39.8 Å². The van der Waals surface area contributed by atoms with Gasteiger partial charge in [-0.3, -0.25) is 9.69 Å². The van der Waals surface area contributed by atoms with E-state index in [1.54, 1.807) is 0 Å². The highest BCUT2D eigenvalue weighted by Gasteiger charge is 2.30. The lowest BCUT2D eigenvalue weighted by molar-refractivity contribution is -0.141. The van der Waals surface area contributed by atoms with E-state index in [-0.39, 0.29) is 5.97 Å². The third-order valence-corrected chi connectivity index (χ3v) is 3.33. The fourth-order valence-electron chi connectivity index (χ4n) is 2.14. The molecule has 0 unspecified atom stereocenters. The van der Waals surface area contributed by atoms with E-state index in [0.29, 0.717) is 6.42 Å². The number of ether oxygens (including phenoxy) is 1. The van der Waals surface area contributed by atoms with Gasteiger partial charge in [0, 0.05) is 38.8 Å². The van der Waals surface area contributed by atoms with Crippen LogP contribution in [0.5, 0.6) is 0 Å². The first-order valence-electron chi connectivity index (χ1n) is 5.83. The quantitative estimate of drug-likeness (QED) is 0.629. The first-order valence-corrected chi connectivity index (χ1v) is 5.83. The van der Waals surface area contributed by atoms with E-state index in [1.807, 2.05) is 0 Å². The largest absolute Gasteiger partial charge is 0.469 e. The molecular weight excluding hydrogens is 192 g/mol. The molecule has 0 atom stereocenters. The number of rotatable bonds is 4. The molecule has 1 saturated heterocycles. The van der Waals surface area contributed by atoms with Crippen LogP contribution in [0, 0.1) is 0 Å². The van der Waals surface area contributed by atoms with E-state index in [2.05, 4.69) is 14.5 Å². The van der Waals surface area contributed by atoms with Crippen LogP contribution in [-0.2, 0) is 9.53 Å². The molecule has 0 radical (unpaired) electrons. The molecule has 1 saturated carbocycles. The van der Waals surface area contributed by atoms with Crippen molar-refractivity contribution in [3.8, 4) is 0 Å². The van der Waals surface area contributed by atoms with Crippen molar-refractivity contribution < 1.29 is 9.53 Å². The number of methoxy groups -OCH3 is 1. The third kappa shape index (κ3) is 3.18. The molecule has 0 N–H and O–H groups in total. The standard InChI is InChI=1S/C11H20N2O2/c1-15-11(14)4-5-12-6-8-13(9-7-12)10-2-3-10/h10H,2-9H2,1H3. The second kappa shape index (κ2) is 4.94. The minimum Gasteiger partial charge on any atom is -0.469 e. The summed E-state index contributed by atoms with van der Waals surface area (Å²) in [4.78, 5) is 15.9. The van der Waals surface area contributed by atoms with Gasteiger partial charge in [0.1, 0.15) is 0 Å². The summed E-state index contributed by atoms with van der Waals surface area (Å²) in [5.74, 6) is -0.0976. The minimum atomic E-state index is -0.0976. The van der Waals surface area contributed by atoms with Crippen molar-refractivity contribution >= 4 is 5.97 Å². The van der Waals surface area contributed by atoms with Gasteiger partial charge in [-0.25, -0.2) is 0 Å². The summed E-state index contributed by atoms with van der Waals surface area (Å²) in [5.41, 5.74) is 0. The third-order valence-electron chi connectivity index (χ3n) is 3.33. The summed E-state index contributed by atoms with van der Waals surface area (Å²) in [7, 11) is 1.45. The molecule has 0 aromatic rings. The molecule has 1 heterocycles. The summed E-state index contributed by atoms with van der Waals surface area (Å²) >= 11 is 0. The van der Waals surface area contributed by atoms with E-state index < -0.39 is 0 Å². The van der Waals surface area contributed by atoms with Crippen molar-refractivity contribution in [2.45, 2.75) is 25.3 Å². The Morgan fingerprint density at radius 2 is 1.93 bits per heavy atom. The van der Waals surface area contributed by atoms with Gasteiger partial charge in [0.05, 0.1) is 13.5 Å². The molecule has 86 valence electrons. The molecule has 1 aliphatic carbocycles. The van der Waals surface area contributed by atoms with Crippen LogP contribution in [0.1, 0.15) is 19.3 Å². The van der Waals surface area contributed by atoms with Crippen LogP contribution in [0.25, 0.3) is 0 Å². The highest BCUT2D eigenvalue weighted by Crippen LogP contribution is 2.27. The van der Waals surface area contributed by atoms with Crippen LogP contribution in [0.15, 0.2) is 0 Å². The zero-order valence-electron chi connectivity index (χ0n) is 9.45. The van der Waals surface area contributed by atoms with Crippen molar-refractivity contribution in [3.05, 3.63) is 0 Å². The maximum Gasteiger partial charge on any atom is 0.306 e. The summed E-state index contributed by atoms with van der Waals surface area (Å²) in [6.45, 7) is 5.41. The van der Waals surface area contributed by atoms with Crippen LogP contribution in [0.4, 0.5) is 0 Å². The maximum atomic E-state index is 11.0. The van der Waals surface area contributed by atoms with Crippen molar-refractivity contribution in [3.63, 3.8) is 0 Å². The van der Waals surface area contributed by atoms with Crippen molar-refractivity contribution in [2.24, 2.45) is 0 Å². The van der Waals surface area contributed by atoms with Gasteiger partial charge in [0.15, 0.2) is 0 Å². The SMILES string of the molecule is COC(=O)CCN1CCN(C2CC2)CC1. The average molecular weight is 212 g/mol. The second-order valence-corrected chi connectivity index (χ2v) is 4.43. The molecule has 4 nitrogen and oxygen atoms in total. The number of esters is 1. The monoisotopic (exact) mass is 212 g/mol. The van der Waals surface area contributed by atoms with Gasteiger partial charge >= 0.3 is 5.97 Å².